The highest BCUT2D eigenvalue weighted by Crippen LogP contribution is 2.41. The molecule has 0 aliphatic heterocycles. The Morgan fingerprint density at radius 2 is 2.00 bits per heavy atom. The maximum atomic E-state index is 5.58. The van der Waals surface area contributed by atoms with Crippen LogP contribution in [0.4, 0.5) is 0 Å². The van der Waals surface area contributed by atoms with Gasteiger partial charge in [0, 0.05) is 9.35 Å². The Kier molecular flexibility index (Phi) is 4.17. The molecular weight excluding hydrogens is 328 g/mol. The molecule has 1 atom stereocenters. The lowest BCUT2D eigenvalue weighted by molar-refractivity contribution is 0.279. The SMILES string of the molecule is CC(C)(C)C(NN)c1cc(Br)c(Br)s1. The van der Waals surface area contributed by atoms with Crippen LogP contribution < -0.4 is 11.3 Å². The molecule has 3 N–H and O–H groups in total. The monoisotopic (exact) mass is 340 g/mol. The molecule has 0 radical (unpaired) electrons. The van der Waals surface area contributed by atoms with Gasteiger partial charge in [-0.05, 0) is 43.3 Å². The van der Waals surface area contributed by atoms with Crippen molar-refractivity contribution in [3.63, 3.8) is 0 Å². The molecule has 0 aliphatic rings. The first kappa shape index (κ1) is 12.6. The van der Waals surface area contributed by atoms with Crippen molar-refractivity contribution in [1.82, 2.24) is 5.43 Å². The largest absolute Gasteiger partial charge is 0.271 e. The van der Waals surface area contributed by atoms with Gasteiger partial charge in [-0.25, -0.2) is 0 Å². The number of hydrazine groups is 1. The molecule has 1 unspecified atom stereocenters. The van der Waals surface area contributed by atoms with Gasteiger partial charge in [0.05, 0.1) is 9.83 Å². The zero-order chi connectivity index (χ0) is 10.9. The van der Waals surface area contributed by atoms with E-state index < -0.39 is 0 Å². The van der Waals surface area contributed by atoms with E-state index in [2.05, 4.69) is 64.1 Å². The summed E-state index contributed by atoms with van der Waals surface area (Å²) in [5.41, 5.74) is 2.98. The average Bonchev–Trinajstić information content (AvgIpc) is 2.30. The van der Waals surface area contributed by atoms with Crippen molar-refractivity contribution < 1.29 is 0 Å². The van der Waals surface area contributed by atoms with Gasteiger partial charge >= 0.3 is 0 Å². The third kappa shape index (κ3) is 2.79. The van der Waals surface area contributed by atoms with E-state index in [1.807, 2.05) is 0 Å². The summed E-state index contributed by atoms with van der Waals surface area (Å²) in [5, 5.41) is 0. The Balaban J connectivity index is 3.01. The lowest BCUT2D eigenvalue weighted by Gasteiger charge is -2.28. The van der Waals surface area contributed by atoms with Crippen LogP contribution in [0.1, 0.15) is 31.7 Å². The zero-order valence-corrected chi connectivity index (χ0v) is 12.4. The molecule has 0 spiro atoms. The molecular formula is C9H14Br2N2S. The minimum atomic E-state index is 0.110. The van der Waals surface area contributed by atoms with Crippen molar-refractivity contribution in [2.75, 3.05) is 0 Å². The summed E-state index contributed by atoms with van der Waals surface area (Å²) < 4.78 is 2.19. The fourth-order valence-corrected chi connectivity index (χ4v) is 3.66. The van der Waals surface area contributed by atoms with Crippen molar-refractivity contribution >= 4 is 43.2 Å². The molecule has 1 rings (SSSR count). The van der Waals surface area contributed by atoms with Crippen LogP contribution in [0.15, 0.2) is 14.3 Å². The lowest BCUT2D eigenvalue weighted by Crippen LogP contribution is -2.36. The van der Waals surface area contributed by atoms with Crippen LogP contribution in [0.3, 0.4) is 0 Å². The fraction of sp³-hybridized carbons (Fsp3) is 0.556. The van der Waals surface area contributed by atoms with Gasteiger partial charge in [-0.1, -0.05) is 20.8 Å². The van der Waals surface area contributed by atoms with Gasteiger partial charge in [0.1, 0.15) is 0 Å². The van der Waals surface area contributed by atoms with Gasteiger partial charge in [0.2, 0.25) is 0 Å². The van der Waals surface area contributed by atoms with Crippen LogP contribution in [0.2, 0.25) is 0 Å². The van der Waals surface area contributed by atoms with Gasteiger partial charge < -0.3 is 0 Å². The summed E-state index contributed by atoms with van der Waals surface area (Å²) in [6, 6.07) is 2.28. The first-order chi connectivity index (χ1) is 6.36. The van der Waals surface area contributed by atoms with Crippen LogP contribution in [-0.2, 0) is 0 Å². The third-order valence-electron chi connectivity index (χ3n) is 1.98. The Hall–Kier alpha value is 0.580. The highest BCUT2D eigenvalue weighted by atomic mass is 79.9. The standard InChI is InChI=1S/C9H14Br2N2S/c1-9(2,3)7(13-12)6-4-5(10)8(11)14-6/h4,7,13H,12H2,1-3H3. The predicted molar refractivity (Wildman–Crippen MR) is 69.2 cm³/mol. The zero-order valence-electron chi connectivity index (χ0n) is 8.40. The first-order valence-corrected chi connectivity index (χ1v) is 6.67. The minimum Gasteiger partial charge on any atom is -0.271 e. The Labute approximate surface area is 105 Å². The van der Waals surface area contributed by atoms with E-state index in [9.17, 15) is 0 Å². The van der Waals surface area contributed by atoms with E-state index in [1.165, 1.54) is 4.88 Å². The highest BCUT2D eigenvalue weighted by molar-refractivity contribution is 9.13. The maximum Gasteiger partial charge on any atom is 0.0843 e. The molecule has 5 heteroatoms. The molecule has 0 bridgehead atoms. The van der Waals surface area contributed by atoms with Crippen LogP contribution in [-0.4, -0.2) is 0 Å². The van der Waals surface area contributed by atoms with E-state index in [4.69, 9.17) is 5.84 Å². The number of rotatable bonds is 2. The molecule has 2 nitrogen and oxygen atoms in total. The molecule has 1 aromatic rings. The van der Waals surface area contributed by atoms with E-state index in [1.54, 1.807) is 11.3 Å². The number of hydrogen-bond donors (Lipinski definition) is 2. The summed E-state index contributed by atoms with van der Waals surface area (Å²) in [6.45, 7) is 6.50. The highest BCUT2D eigenvalue weighted by Gasteiger charge is 2.27. The number of hydrogen-bond acceptors (Lipinski definition) is 3. The molecule has 80 valence electrons. The summed E-state index contributed by atoms with van der Waals surface area (Å²) in [5.74, 6) is 5.58. The van der Waals surface area contributed by atoms with E-state index >= 15 is 0 Å². The normalized spacial score (nSPS) is 14.4. The quantitative estimate of drug-likeness (QED) is 0.633. The van der Waals surface area contributed by atoms with Crippen LogP contribution in [0.25, 0.3) is 0 Å². The predicted octanol–water partition coefficient (Wildman–Crippen LogP) is 3.82. The summed E-state index contributed by atoms with van der Waals surface area (Å²) >= 11 is 8.66. The smallest absolute Gasteiger partial charge is 0.0843 e. The fourth-order valence-electron chi connectivity index (χ4n) is 1.26. The molecule has 0 amide bonds. The number of thiophene rings is 1. The molecule has 0 saturated heterocycles. The Morgan fingerprint density at radius 3 is 2.29 bits per heavy atom. The summed E-state index contributed by atoms with van der Waals surface area (Å²) in [7, 11) is 0. The van der Waals surface area contributed by atoms with Crippen LogP contribution >= 0.6 is 43.2 Å². The number of halogens is 2. The Bertz CT molecular complexity index is 298. The maximum absolute atomic E-state index is 5.58. The van der Waals surface area contributed by atoms with E-state index in [0.29, 0.717) is 0 Å². The second-order valence-electron chi connectivity index (χ2n) is 4.24. The molecule has 1 heterocycles. The molecule has 14 heavy (non-hydrogen) atoms. The van der Waals surface area contributed by atoms with E-state index in [0.717, 1.165) is 8.26 Å². The first-order valence-electron chi connectivity index (χ1n) is 4.27. The van der Waals surface area contributed by atoms with Crippen molar-refractivity contribution in [2.45, 2.75) is 26.8 Å². The van der Waals surface area contributed by atoms with Crippen molar-refractivity contribution in [3.8, 4) is 0 Å². The second-order valence-corrected chi connectivity index (χ2v) is 7.49. The lowest BCUT2D eigenvalue weighted by atomic mass is 9.86. The van der Waals surface area contributed by atoms with Crippen molar-refractivity contribution in [1.29, 1.82) is 0 Å². The summed E-state index contributed by atoms with van der Waals surface area (Å²) in [6.07, 6.45) is 0. The summed E-state index contributed by atoms with van der Waals surface area (Å²) in [4.78, 5) is 1.23. The average molecular weight is 342 g/mol. The van der Waals surface area contributed by atoms with Gasteiger partial charge in [-0.15, -0.1) is 11.3 Å². The van der Waals surface area contributed by atoms with Crippen molar-refractivity contribution in [3.05, 3.63) is 19.2 Å². The minimum absolute atomic E-state index is 0.110. The molecule has 0 aromatic carbocycles. The molecule has 1 aromatic heterocycles. The topological polar surface area (TPSA) is 38.0 Å². The molecule has 0 fully saturated rings. The van der Waals surface area contributed by atoms with Gasteiger partial charge in [-0.3, -0.25) is 11.3 Å². The molecule has 0 aliphatic carbocycles. The van der Waals surface area contributed by atoms with E-state index in [-0.39, 0.29) is 11.5 Å². The number of nitrogens with one attached hydrogen (secondary N) is 1. The van der Waals surface area contributed by atoms with Crippen molar-refractivity contribution in [2.24, 2.45) is 11.3 Å². The van der Waals surface area contributed by atoms with Crippen LogP contribution in [0.5, 0.6) is 0 Å². The molecule has 0 saturated carbocycles. The Morgan fingerprint density at radius 1 is 1.43 bits per heavy atom. The second kappa shape index (κ2) is 4.61. The number of nitrogens with two attached hydrogens (primary N) is 1. The van der Waals surface area contributed by atoms with Crippen LogP contribution in [0, 0.1) is 5.41 Å². The third-order valence-corrected chi connectivity index (χ3v) is 5.30. The van der Waals surface area contributed by atoms with Gasteiger partial charge in [0.25, 0.3) is 0 Å². The van der Waals surface area contributed by atoms with Gasteiger partial charge in [0.15, 0.2) is 0 Å². The van der Waals surface area contributed by atoms with Gasteiger partial charge in [-0.2, -0.15) is 0 Å².